The van der Waals surface area contributed by atoms with Crippen LogP contribution in [0.15, 0.2) is 0 Å². The second kappa shape index (κ2) is 4.46. The van der Waals surface area contributed by atoms with Gasteiger partial charge in [0, 0.05) is 17.3 Å². The van der Waals surface area contributed by atoms with Crippen LogP contribution < -0.4 is 5.32 Å². The lowest BCUT2D eigenvalue weighted by atomic mass is 9.85. The summed E-state index contributed by atoms with van der Waals surface area (Å²) in [7, 11) is 2.08. The van der Waals surface area contributed by atoms with Gasteiger partial charge in [0.2, 0.25) is 0 Å². The monoisotopic (exact) mass is 238 g/mol. The van der Waals surface area contributed by atoms with Gasteiger partial charge in [-0.15, -0.1) is 11.3 Å². The molecule has 0 aliphatic heterocycles. The Bertz CT molecular complexity index is 353. The van der Waals surface area contributed by atoms with Gasteiger partial charge < -0.3 is 5.32 Å². The number of aromatic nitrogens is 1. The standard InChI is InChI=1S/C13H22N2S/c1-9-10(2)16-12(15-9)8-13(3)6-5-11(7-13)14-4/h11,14H,5-8H2,1-4H3. The molecule has 0 spiro atoms. The van der Waals surface area contributed by atoms with Crippen molar-refractivity contribution in [2.24, 2.45) is 5.41 Å². The highest BCUT2D eigenvalue weighted by Crippen LogP contribution is 2.41. The first-order chi connectivity index (χ1) is 7.52. The Morgan fingerprint density at radius 1 is 1.50 bits per heavy atom. The highest BCUT2D eigenvalue weighted by Gasteiger charge is 2.35. The van der Waals surface area contributed by atoms with Crippen LogP contribution in [-0.4, -0.2) is 18.1 Å². The SMILES string of the molecule is CNC1CCC(C)(Cc2nc(C)c(C)s2)C1. The quantitative estimate of drug-likeness (QED) is 0.875. The van der Waals surface area contributed by atoms with Crippen molar-refractivity contribution in [3.63, 3.8) is 0 Å². The molecule has 1 aliphatic carbocycles. The van der Waals surface area contributed by atoms with Crippen LogP contribution in [0.2, 0.25) is 0 Å². The molecule has 0 bridgehead atoms. The lowest BCUT2D eigenvalue weighted by Crippen LogP contribution is -2.24. The first kappa shape index (κ1) is 12.1. The molecule has 2 atom stereocenters. The number of aryl methyl sites for hydroxylation is 2. The first-order valence-corrected chi connectivity index (χ1v) is 6.94. The summed E-state index contributed by atoms with van der Waals surface area (Å²) in [6, 6.07) is 0.715. The molecule has 1 aromatic rings. The molecule has 0 aromatic carbocycles. The third-order valence-corrected chi connectivity index (χ3v) is 4.97. The maximum atomic E-state index is 4.67. The van der Waals surface area contributed by atoms with Crippen molar-refractivity contribution in [3.05, 3.63) is 15.6 Å². The van der Waals surface area contributed by atoms with Crippen molar-refractivity contribution in [1.82, 2.24) is 10.3 Å². The zero-order valence-corrected chi connectivity index (χ0v) is 11.6. The van der Waals surface area contributed by atoms with Crippen molar-refractivity contribution in [3.8, 4) is 0 Å². The molecule has 2 unspecified atom stereocenters. The van der Waals surface area contributed by atoms with Crippen molar-refractivity contribution in [1.29, 1.82) is 0 Å². The first-order valence-electron chi connectivity index (χ1n) is 6.12. The Kier molecular flexibility index (Phi) is 3.36. The molecular weight excluding hydrogens is 216 g/mol. The second-order valence-corrected chi connectivity index (χ2v) is 6.75. The van der Waals surface area contributed by atoms with E-state index >= 15 is 0 Å². The van der Waals surface area contributed by atoms with Gasteiger partial charge in [0.25, 0.3) is 0 Å². The molecule has 90 valence electrons. The van der Waals surface area contributed by atoms with Gasteiger partial charge in [0.15, 0.2) is 0 Å². The Balaban J connectivity index is 2.04. The van der Waals surface area contributed by atoms with Gasteiger partial charge >= 0.3 is 0 Å². The van der Waals surface area contributed by atoms with E-state index in [1.54, 1.807) is 0 Å². The summed E-state index contributed by atoms with van der Waals surface area (Å²) in [6.07, 6.45) is 5.10. The fourth-order valence-corrected chi connectivity index (χ4v) is 3.86. The number of thiazole rings is 1. The molecule has 2 rings (SSSR count). The highest BCUT2D eigenvalue weighted by atomic mass is 32.1. The molecule has 1 aliphatic rings. The van der Waals surface area contributed by atoms with Crippen LogP contribution in [0.1, 0.15) is 41.8 Å². The van der Waals surface area contributed by atoms with Crippen LogP contribution in [-0.2, 0) is 6.42 Å². The van der Waals surface area contributed by atoms with E-state index in [-0.39, 0.29) is 0 Å². The number of hydrogen-bond acceptors (Lipinski definition) is 3. The highest BCUT2D eigenvalue weighted by molar-refractivity contribution is 7.11. The molecule has 1 aromatic heterocycles. The minimum Gasteiger partial charge on any atom is -0.317 e. The molecule has 2 nitrogen and oxygen atoms in total. The Hall–Kier alpha value is -0.410. The number of rotatable bonds is 3. The van der Waals surface area contributed by atoms with E-state index < -0.39 is 0 Å². The molecule has 0 radical (unpaired) electrons. The van der Waals surface area contributed by atoms with Crippen LogP contribution in [0, 0.1) is 19.3 Å². The maximum Gasteiger partial charge on any atom is 0.0936 e. The molecule has 1 fully saturated rings. The van der Waals surface area contributed by atoms with Crippen molar-refractivity contribution in [2.75, 3.05) is 7.05 Å². The van der Waals surface area contributed by atoms with Gasteiger partial charge in [-0.1, -0.05) is 6.92 Å². The molecule has 0 saturated heterocycles. The molecule has 16 heavy (non-hydrogen) atoms. The van der Waals surface area contributed by atoms with E-state index in [1.807, 2.05) is 11.3 Å². The van der Waals surface area contributed by atoms with Crippen LogP contribution >= 0.6 is 11.3 Å². The third kappa shape index (κ3) is 2.46. The summed E-state index contributed by atoms with van der Waals surface area (Å²) in [5, 5.41) is 4.73. The fourth-order valence-electron chi connectivity index (χ4n) is 2.71. The summed E-state index contributed by atoms with van der Waals surface area (Å²) in [6.45, 7) is 6.70. The molecule has 1 heterocycles. The zero-order valence-electron chi connectivity index (χ0n) is 10.8. The lowest BCUT2D eigenvalue weighted by molar-refractivity contribution is 0.324. The Labute approximate surface area is 102 Å². The second-order valence-electron chi connectivity index (χ2n) is 5.47. The van der Waals surface area contributed by atoms with Crippen LogP contribution in [0.4, 0.5) is 0 Å². The molecule has 1 saturated carbocycles. The smallest absolute Gasteiger partial charge is 0.0936 e. The van der Waals surface area contributed by atoms with Gasteiger partial charge in [-0.05, 0) is 45.6 Å². The molecule has 3 heteroatoms. The number of nitrogens with zero attached hydrogens (tertiary/aromatic N) is 1. The summed E-state index contributed by atoms with van der Waals surface area (Å²) >= 11 is 1.88. The normalized spacial score (nSPS) is 29.9. The predicted molar refractivity (Wildman–Crippen MR) is 70.1 cm³/mol. The largest absolute Gasteiger partial charge is 0.317 e. The van der Waals surface area contributed by atoms with E-state index in [0.29, 0.717) is 11.5 Å². The minimum absolute atomic E-state index is 0.463. The number of hydrogen-bond donors (Lipinski definition) is 1. The van der Waals surface area contributed by atoms with Crippen LogP contribution in [0.25, 0.3) is 0 Å². The summed E-state index contributed by atoms with van der Waals surface area (Å²) < 4.78 is 0. The van der Waals surface area contributed by atoms with Crippen molar-refractivity contribution in [2.45, 2.75) is 52.5 Å². The average molecular weight is 238 g/mol. The van der Waals surface area contributed by atoms with Gasteiger partial charge in [0.1, 0.15) is 0 Å². The van der Waals surface area contributed by atoms with Crippen LogP contribution in [0.3, 0.4) is 0 Å². The lowest BCUT2D eigenvalue weighted by Gasteiger charge is -2.22. The van der Waals surface area contributed by atoms with Crippen molar-refractivity contribution >= 4 is 11.3 Å². The van der Waals surface area contributed by atoms with Gasteiger partial charge in [-0.25, -0.2) is 4.98 Å². The van der Waals surface area contributed by atoms with E-state index in [2.05, 4.69) is 38.1 Å². The van der Waals surface area contributed by atoms with E-state index in [4.69, 9.17) is 0 Å². The maximum absolute atomic E-state index is 4.67. The molecule has 1 N–H and O–H groups in total. The van der Waals surface area contributed by atoms with E-state index in [9.17, 15) is 0 Å². The van der Waals surface area contributed by atoms with Gasteiger partial charge in [-0.3, -0.25) is 0 Å². The van der Waals surface area contributed by atoms with E-state index in [1.165, 1.54) is 34.8 Å². The fraction of sp³-hybridized carbons (Fsp3) is 0.769. The van der Waals surface area contributed by atoms with Crippen molar-refractivity contribution < 1.29 is 0 Å². The van der Waals surface area contributed by atoms with Crippen LogP contribution in [0.5, 0.6) is 0 Å². The summed E-state index contributed by atoms with van der Waals surface area (Å²) in [5.41, 5.74) is 1.68. The Morgan fingerprint density at radius 3 is 2.75 bits per heavy atom. The van der Waals surface area contributed by atoms with E-state index in [0.717, 1.165) is 6.42 Å². The summed E-state index contributed by atoms with van der Waals surface area (Å²) in [4.78, 5) is 6.04. The van der Waals surface area contributed by atoms with Gasteiger partial charge in [-0.2, -0.15) is 0 Å². The predicted octanol–water partition coefficient (Wildman–Crippen LogP) is 3.08. The average Bonchev–Trinajstić information content (AvgIpc) is 2.72. The zero-order chi connectivity index (χ0) is 11.8. The number of nitrogens with one attached hydrogen (secondary N) is 1. The topological polar surface area (TPSA) is 24.9 Å². The third-order valence-electron chi connectivity index (χ3n) is 3.89. The molecule has 0 amide bonds. The Morgan fingerprint density at radius 2 is 2.25 bits per heavy atom. The van der Waals surface area contributed by atoms with Gasteiger partial charge in [0.05, 0.1) is 10.7 Å². The molecular formula is C13H22N2S. The summed E-state index contributed by atoms with van der Waals surface area (Å²) in [5.74, 6) is 0. The minimum atomic E-state index is 0.463.